The molecule has 1 fully saturated rings. The van der Waals surface area contributed by atoms with Crippen LogP contribution in [0.5, 0.6) is 17.4 Å². The van der Waals surface area contributed by atoms with Gasteiger partial charge in [0.1, 0.15) is 17.3 Å². The van der Waals surface area contributed by atoms with Gasteiger partial charge in [-0.15, -0.1) is 0 Å². The van der Waals surface area contributed by atoms with Gasteiger partial charge in [-0.3, -0.25) is 4.79 Å². The molecule has 35 heavy (non-hydrogen) atoms. The van der Waals surface area contributed by atoms with Gasteiger partial charge in [-0.2, -0.15) is 4.98 Å². The fourth-order valence-corrected chi connectivity index (χ4v) is 4.56. The van der Waals surface area contributed by atoms with Crippen molar-refractivity contribution in [2.24, 2.45) is 5.92 Å². The van der Waals surface area contributed by atoms with Gasteiger partial charge in [0.2, 0.25) is 11.8 Å². The van der Waals surface area contributed by atoms with Crippen molar-refractivity contribution in [1.29, 1.82) is 0 Å². The Labute approximate surface area is 204 Å². The molecule has 1 amide bonds. The summed E-state index contributed by atoms with van der Waals surface area (Å²) in [7, 11) is 1.60. The van der Waals surface area contributed by atoms with Crippen LogP contribution >= 0.6 is 0 Å². The molecule has 0 bridgehead atoms. The van der Waals surface area contributed by atoms with E-state index in [1.54, 1.807) is 30.2 Å². The summed E-state index contributed by atoms with van der Waals surface area (Å²) in [6.45, 7) is 4.77. The molecule has 0 N–H and O–H groups in total. The molecule has 0 saturated carbocycles. The predicted octanol–water partition coefficient (Wildman–Crippen LogP) is 4.85. The first kappa shape index (κ1) is 23.1. The summed E-state index contributed by atoms with van der Waals surface area (Å²) in [5.74, 6) is 2.14. The summed E-state index contributed by atoms with van der Waals surface area (Å²) in [6.07, 6.45) is 2.73. The van der Waals surface area contributed by atoms with Gasteiger partial charge < -0.3 is 19.3 Å². The molecule has 2 aliphatic heterocycles. The Hall–Kier alpha value is -3.68. The third-order valence-electron chi connectivity index (χ3n) is 6.72. The standard InChI is InChI=1S/C27H29FN4O3/c1-18-10-13-31(14-11-18)27-29-24-12-15-32(26(33)21-8-3-4-9-23(21)28)17-22(24)25(30-27)35-20-7-5-6-19(16-20)34-2/h3-9,16,18H,10-15,17H2,1-2H3. The highest BCUT2D eigenvalue weighted by Crippen LogP contribution is 2.34. The summed E-state index contributed by atoms with van der Waals surface area (Å²) >= 11 is 0. The number of halogens is 1. The second-order valence-electron chi connectivity index (χ2n) is 9.16. The molecule has 182 valence electrons. The fourth-order valence-electron chi connectivity index (χ4n) is 4.56. The van der Waals surface area contributed by atoms with Crippen molar-refractivity contribution in [2.45, 2.75) is 32.7 Å². The lowest BCUT2D eigenvalue weighted by Crippen LogP contribution is -2.38. The first-order valence-electron chi connectivity index (χ1n) is 12.0. The number of aromatic nitrogens is 2. The second kappa shape index (κ2) is 9.90. The smallest absolute Gasteiger partial charge is 0.257 e. The quantitative estimate of drug-likeness (QED) is 0.524. The predicted molar refractivity (Wildman–Crippen MR) is 131 cm³/mol. The molecule has 0 aliphatic carbocycles. The number of piperidine rings is 1. The number of rotatable bonds is 5. The second-order valence-corrected chi connectivity index (χ2v) is 9.16. The van der Waals surface area contributed by atoms with E-state index in [4.69, 9.17) is 19.4 Å². The van der Waals surface area contributed by atoms with Gasteiger partial charge in [-0.1, -0.05) is 25.1 Å². The Morgan fingerprint density at radius 3 is 2.57 bits per heavy atom. The van der Waals surface area contributed by atoms with Gasteiger partial charge >= 0.3 is 0 Å². The van der Waals surface area contributed by atoms with E-state index in [1.807, 2.05) is 18.2 Å². The zero-order valence-corrected chi connectivity index (χ0v) is 20.0. The maximum Gasteiger partial charge on any atom is 0.257 e. The van der Waals surface area contributed by atoms with Gasteiger partial charge in [-0.25, -0.2) is 9.37 Å². The number of carbonyl (C=O) groups is 1. The van der Waals surface area contributed by atoms with Crippen LogP contribution in [0.4, 0.5) is 10.3 Å². The van der Waals surface area contributed by atoms with Crippen molar-refractivity contribution in [3.8, 4) is 17.4 Å². The normalized spacial score (nSPS) is 16.1. The zero-order chi connectivity index (χ0) is 24.4. The number of nitrogens with zero attached hydrogens (tertiary/aromatic N) is 4. The van der Waals surface area contributed by atoms with E-state index in [-0.39, 0.29) is 18.0 Å². The maximum atomic E-state index is 14.3. The summed E-state index contributed by atoms with van der Waals surface area (Å²) in [5.41, 5.74) is 1.67. The number of ether oxygens (including phenoxy) is 2. The molecule has 7 nitrogen and oxygen atoms in total. The van der Waals surface area contributed by atoms with Gasteiger partial charge in [0.25, 0.3) is 5.91 Å². The molecule has 1 saturated heterocycles. The molecule has 8 heteroatoms. The number of benzene rings is 2. The third kappa shape index (κ3) is 4.92. The highest BCUT2D eigenvalue weighted by Gasteiger charge is 2.30. The molecule has 0 radical (unpaired) electrons. The number of anilines is 1. The van der Waals surface area contributed by atoms with Crippen molar-refractivity contribution >= 4 is 11.9 Å². The molecule has 2 aliphatic rings. The van der Waals surface area contributed by atoms with Crippen molar-refractivity contribution < 1.29 is 18.7 Å². The molecule has 0 atom stereocenters. The molecule has 3 heterocycles. The van der Waals surface area contributed by atoms with Crippen LogP contribution in [0.2, 0.25) is 0 Å². The van der Waals surface area contributed by atoms with E-state index < -0.39 is 5.82 Å². The lowest BCUT2D eigenvalue weighted by atomic mass is 9.99. The topological polar surface area (TPSA) is 67.8 Å². The Morgan fingerprint density at radius 1 is 1.03 bits per heavy atom. The fraction of sp³-hybridized carbons (Fsp3) is 0.370. The number of hydrogen-bond donors (Lipinski definition) is 0. The number of fused-ring (bicyclic) bond motifs is 1. The van der Waals surface area contributed by atoms with E-state index in [9.17, 15) is 9.18 Å². The van der Waals surface area contributed by atoms with Gasteiger partial charge in [0.05, 0.1) is 30.5 Å². The SMILES string of the molecule is COc1cccc(Oc2nc(N3CCC(C)CC3)nc3c2CN(C(=O)c2ccccc2F)CC3)c1. The van der Waals surface area contributed by atoms with Crippen LogP contribution in [0.15, 0.2) is 48.5 Å². The highest BCUT2D eigenvalue weighted by atomic mass is 19.1. The van der Waals surface area contributed by atoms with Crippen LogP contribution in [0.1, 0.15) is 41.4 Å². The average Bonchev–Trinajstić information content (AvgIpc) is 2.89. The number of hydrogen-bond acceptors (Lipinski definition) is 6. The minimum atomic E-state index is -0.526. The molecular weight excluding hydrogens is 447 g/mol. The lowest BCUT2D eigenvalue weighted by Gasteiger charge is -2.33. The average molecular weight is 477 g/mol. The minimum absolute atomic E-state index is 0.0613. The summed E-state index contributed by atoms with van der Waals surface area (Å²) in [6, 6.07) is 13.4. The van der Waals surface area contributed by atoms with E-state index in [1.165, 1.54) is 12.1 Å². The van der Waals surface area contributed by atoms with Gasteiger partial charge in [0, 0.05) is 32.1 Å². The third-order valence-corrected chi connectivity index (χ3v) is 6.72. The van der Waals surface area contributed by atoms with Gasteiger partial charge in [-0.05, 0) is 43.0 Å². The monoisotopic (exact) mass is 476 g/mol. The first-order chi connectivity index (χ1) is 17.0. The van der Waals surface area contributed by atoms with Crippen LogP contribution in [0, 0.1) is 11.7 Å². The van der Waals surface area contributed by atoms with Crippen LogP contribution in [-0.2, 0) is 13.0 Å². The number of carbonyl (C=O) groups excluding carboxylic acids is 1. The Kier molecular flexibility index (Phi) is 6.53. The van der Waals surface area contributed by atoms with Crippen LogP contribution < -0.4 is 14.4 Å². The van der Waals surface area contributed by atoms with Crippen molar-refractivity contribution in [3.05, 3.63) is 71.2 Å². The van der Waals surface area contributed by atoms with Crippen LogP contribution in [0.3, 0.4) is 0 Å². The zero-order valence-electron chi connectivity index (χ0n) is 20.0. The molecule has 0 spiro atoms. The van der Waals surface area contributed by atoms with Crippen molar-refractivity contribution in [1.82, 2.24) is 14.9 Å². The highest BCUT2D eigenvalue weighted by molar-refractivity contribution is 5.94. The summed E-state index contributed by atoms with van der Waals surface area (Å²) < 4.78 is 25.9. The lowest BCUT2D eigenvalue weighted by molar-refractivity contribution is 0.0727. The Bertz CT molecular complexity index is 1230. The maximum absolute atomic E-state index is 14.3. The van der Waals surface area contributed by atoms with Crippen molar-refractivity contribution in [3.63, 3.8) is 0 Å². The summed E-state index contributed by atoms with van der Waals surface area (Å²) in [4.78, 5) is 26.6. The molecular formula is C27H29FN4O3. The summed E-state index contributed by atoms with van der Waals surface area (Å²) in [5, 5.41) is 0. The first-order valence-corrected chi connectivity index (χ1v) is 12.0. The molecule has 1 aromatic heterocycles. The van der Waals surface area contributed by atoms with Crippen LogP contribution in [0.25, 0.3) is 0 Å². The number of amides is 1. The van der Waals surface area contributed by atoms with E-state index in [0.717, 1.165) is 37.2 Å². The minimum Gasteiger partial charge on any atom is -0.497 e. The largest absolute Gasteiger partial charge is 0.497 e. The van der Waals surface area contributed by atoms with E-state index in [0.29, 0.717) is 42.2 Å². The van der Waals surface area contributed by atoms with E-state index >= 15 is 0 Å². The number of methoxy groups -OCH3 is 1. The van der Waals surface area contributed by atoms with Gasteiger partial charge in [0.15, 0.2) is 0 Å². The molecule has 3 aromatic rings. The van der Waals surface area contributed by atoms with Crippen molar-refractivity contribution in [2.75, 3.05) is 31.6 Å². The molecule has 0 unspecified atom stereocenters. The molecule has 2 aromatic carbocycles. The Balaban J connectivity index is 1.49. The Morgan fingerprint density at radius 2 is 1.80 bits per heavy atom. The van der Waals surface area contributed by atoms with Crippen LogP contribution in [-0.4, -0.2) is 47.5 Å². The van der Waals surface area contributed by atoms with E-state index in [2.05, 4.69) is 11.8 Å². The molecule has 5 rings (SSSR count).